The molecule has 1 aliphatic rings. The average Bonchev–Trinajstić information content (AvgIpc) is 3.08. The van der Waals surface area contributed by atoms with Crippen molar-refractivity contribution in [1.82, 2.24) is 19.7 Å². The minimum Gasteiger partial charge on any atom is -0.463 e. The molecule has 0 aliphatic carbocycles. The quantitative estimate of drug-likeness (QED) is 0.444. The largest absolute Gasteiger partial charge is 0.463 e. The molecule has 0 unspecified atom stereocenters. The third kappa shape index (κ3) is 3.83. The molecule has 0 bridgehead atoms. The minimum absolute atomic E-state index is 0.0229. The van der Waals surface area contributed by atoms with Crippen molar-refractivity contribution in [3.63, 3.8) is 0 Å². The van der Waals surface area contributed by atoms with Crippen molar-refractivity contribution in [3.05, 3.63) is 16.6 Å². The van der Waals surface area contributed by atoms with Gasteiger partial charge in [0.2, 0.25) is 5.28 Å². The van der Waals surface area contributed by atoms with Crippen LogP contribution in [0.5, 0.6) is 0 Å². The van der Waals surface area contributed by atoms with Crippen LogP contribution in [0.2, 0.25) is 10.4 Å². The Kier molecular flexibility index (Phi) is 5.07. The lowest BCUT2D eigenvalue weighted by atomic mass is 10.2. The van der Waals surface area contributed by atoms with Crippen LogP contribution in [0.3, 0.4) is 0 Å². The van der Waals surface area contributed by atoms with Crippen molar-refractivity contribution < 1.29 is 23.8 Å². The molecule has 1 saturated heterocycles. The smallest absolute Gasteiger partial charge is 0.303 e. The molecule has 9 nitrogen and oxygen atoms in total. The molecule has 1 fully saturated rings. The number of nitrogens with zero attached hydrogens (tertiary/aromatic N) is 4. The van der Waals surface area contributed by atoms with E-state index in [0.29, 0.717) is 17.5 Å². The fourth-order valence-corrected chi connectivity index (χ4v) is 3.03. The van der Waals surface area contributed by atoms with Gasteiger partial charge in [-0.2, -0.15) is 10.1 Å². The van der Waals surface area contributed by atoms with Gasteiger partial charge in [0.25, 0.3) is 0 Å². The number of carbonyl (C=O) groups is 2. The summed E-state index contributed by atoms with van der Waals surface area (Å²) in [7, 11) is 0. The minimum atomic E-state index is -0.621. The number of fused-ring (bicyclic) bond motifs is 1. The van der Waals surface area contributed by atoms with Crippen LogP contribution < -0.4 is 0 Å². The van der Waals surface area contributed by atoms with Gasteiger partial charge in [0.1, 0.15) is 24.0 Å². The van der Waals surface area contributed by atoms with Crippen LogP contribution in [-0.4, -0.2) is 50.5 Å². The summed E-state index contributed by atoms with van der Waals surface area (Å²) in [6.07, 6.45) is 0.00205. The summed E-state index contributed by atoms with van der Waals surface area (Å²) in [5, 5.41) is 4.89. The fraction of sp³-hybridized carbons (Fsp3) is 0.500. The third-order valence-corrected chi connectivity index (χ3v) is 4.06. The Hall–Kier alpha value is -1.97. The van der Waals surface area contributed by atoms with Crippen LogP contribution in [0.25, 0.3) is 11.0 Å². The number of hydrogen-bond donors (Lipinski definition) is 0. The highest BCUT2D eigenvalue weighted by atomic mass is 35.5. The molecule has 11 heteroatoms. The first kappa shape index (κ1) is 17.8. The average molecular weight is 389 g/mol. The number of hydrogen-bond acceptors (Lipinski definition) is 8. The molecule has 3 atom stereocenters. The Morgan fingerprint density at radius 2 is 2.08 bits per heavy atom. The maximum Gasteiger partial charge on any atom is 0.303 e. The van der Waals surface area contributed by atoms with Gasteiger partial charge in [0.05, 0.1) is 11.6 Å². The number of rotatable bonds is 4. The fourth-order valence-electron chi connectivity index (χ4n) is 2.61. The zero-order valence-electron chi connectivity index (χ0n) is 13.3. The van der Waals surface area contributed by atoms with Crippen LogP contribution in [0, 0.1) is 0 Å². The van der Waals surface area contributed by atoms with E-state index < -0.39 is 30.4 Å². The van der Waals surface area contributed by atoms with E-state index in [2.05, 4.69) is 15.1 Å². The maximum atomic E-state index is 11.3. The Bertz CT molecular complexity index is 827. The van der Waals surface area contributed by atoms with Crippen LogP contribution in [0.1, 0.15) is 26.5 Å². The van der Waals surface area contributed by atoms with E-state index in [1.165, 1.54) is 24.7 Å². The first-order valence-electron chi connectivity index (χ1n) is 7.37. The van der Waals surface area contributed by atoms with Crippen LogP contribution >= 0.6 is 23.2 Å². The van der Waals surface area contributed by atoms with Crippen molar-refractivity contribution >= 4 is 46.2 Å². The lowest BCUT2D eigenvalue weighted by Gasteiger charge is -2.17. The van der Waals surface area contributed by atoms with Gasteiger partial charge in [-0.1, -0.05) is 11.6 Å². The Morgan fingerprint density at radius 1 is 1.32 bits per heavy atom. The zero-order chi connectivity index (χ0) is 18.1. The van der Waals surface area contributed by atoms with Gasteiger partial charge in [-0.05, 0) is 11.6 Å². The second-order valence-corrected chi connectivity index (χ2v) is 6.12. The second kappa shape index (κ2) is 7.11. The molecule has 0 aromatic carbocycles. The van der Waals surface area contributed by atoms with E-state index in [9.17, 15) is 9.59 Å². The highest BCUT2D eigenvalue weighted by molar-refractivity contribution is 6.35. The number of aromatic nitrogens is 4. The van der Waals surface area contributed by atoms with E-state index in [1.54, 1.807) is 0 Å². The van der Waals surface area contributed by atoms with Gasteiger partial charge in [-0.3, -0.25) is 9.59 Å². The molecule has 2 aromatic rings. The van der Waals surface area contributed by atoms with Crippen molar-refractivity contribution in [2.75, 3.05) is 6.61 Å². The first-order chi connectivity index (χ1) is 11.8. The molecule has 0 saturated carbocycles. The van der Waals surface area contributed by atoms with E-state index in [4.69, 9.17) is 37.4 Å². The molecular formula is C14H14Cl2N4O5. The number of esters is 2. The van der Waals surface area contributed by atoms with Crippen LogP contribution in [0.15, 0.2) is 6.20 Å². The molecule has 134 valence electrons. The number of halogens is 2. The monoisotopic (exact) mass is 388 g/mol. The normalized spacial score (nSPS) is 23.0. The van der Waals surface area contributed by atoms with Gasteiger partial charge in [-0.25, -0.2) is 9.67 Å². The van der Waals surface area contributed by atoms with Crippen molar-refractivity contribution in [1.29, 1.82) is 0 Å². The molecule has 0 N–H and O–H groups in total. The third-order valence-electron chi connectivity index (χ3n) is 3.60. The molecule has 0 amide bonds. The summed E-state index contributed by atoms with van der Waals surface area (Å²) in [4.78, 5) is 30.3. The van der Waals surface area contributed by atoms with Gasteiger partial charge in [-0.15, -0.1) is 0 Å². The van der Waals surface area contributed by atoms with Gasteiger partial charge in [0.15, 0.2) is 11.9 Å². The van der Waals surface area contributed by atoms with Crippen molar-refractivity contribution in [3.8, 4) is 0 Å². The van der Waals surface area contributed by atoms with Gasteiger partial charge < -0.3 is 14.2 Å². The predicted octanol–water partition coefficient (Wildman–Crippen LogP) is 1.92. The molecule has 0 spiro atoms. The summed E-state index contributed by atoms with van der Waals surface area (Å²) in [5.41, 5.74) is 0.393. The van der Waals surface area contributed by atoms with E-state index >= 15 is 0 Å². The van der Waals surface area contributed by atoms with Crippen LogP contribution in [0.4, 0.5) is 0 Å². The SMILES string of the molecule is CC(=O)OC[C@H]1O[C@@H](n2ncc3c(Cl)nc(Cl)nc32)C[C@@H]1OC(C)=O. The van der Waals surface area contributed by atoms with E-state index in [0.717, 1.165) is 0 Å². The highest BCUT2D eigenvalue weighted by Crippen LogP contribution is 2.33. The lowest BCUT2D eigenvalue weighted by Crippen LogP contribution is -2.31. The van der Waals surface area contributed by atoms with E-state index in [-0.39, 0.29) is 17.0 Å². The molecule has 3 heterocycles. The number of carbonyl (C=O) groups excluding carboxylic acids is 2. The first-order valence-corrected chi connectivity index (χ1v) is 8.13. The molecule has 2 aromatic heterocycles. The van der Waals surface area contributed by atoms with Crippen molar-refractivity contribution in [2.24, 2.45) is 0 Å². The maximum absolute atomic E-state index is 11.3. The summed E-state index contributed by atoms with van der Waals surface area (Å²) >= 11 is 11.9. The zero-order valence-corrected chi connectivity index (χ0v) is 14.8. The molecule has 25 heavy (non-hydrogen) atoms. The molecule has 0 radical (unpaired) electrons. The summed E-state index contributed by atoms with van der Waals surface area (Å²) in [6.45, 7) is 2.54. The van der Waals surface area contributed by atoms with Crippen LogP contribution in [-0.2, 0) is 23.8 Å². The Morgan fingerprint density at radius 3 is 2.76 bits per heavy atom. The second-order valence-electron chi connectivity index (χ2n) is 5.43. The predicted molar refractivity (Wildman–Crippen MR) is 86.1 cm³/mol. The Labute approximate surface area is 152 Å². The topological polar surface area (TPSA) is 105 Å². The Balaban J connectivity index is 1.87. The lowest BCUT2D eigenvalue weighted by molar-refractivity contribution is -0.155. The van der Waals surface area contributed by atoms with Gasteiger partial charge >= 0.3 is 11.9 Å². The van der Waals surface area contributed by atoms with Crippen molar-refractivity contribution in [2.45, 2.75) is 38.7 Å². The van der Waals surface area contributed by atoms with E-state index in [1.807, 2.05) is 0 Å². The summed E-state index contributed by atoms with van der Waals surface area (Å²) in [5.74, 6) is -0.912. The molecule has 1 aliphatic heterocycles. The highest BCUT2D eigenvalue weighted by Gasteiger charge is 2.40. The number of ether oxygens (including phenoxy) is 3. The molecule has 3 rings (SSSR count). The van der Waals surface area contributed by atoms with Gasteiger partial charge in [0, 0.05) is 20.3 Å². The summed E-state index contributed by atoms with van der Waals surface area (Å²) in [6, 6.07) is 0. The summed E-state index contributed by atoms with van der Waals surface area (Å²) < 4.78 is 17.6. The molecular weight excluding hydrogens is 375 g/mol. The standard InChI is InChI=1S/C14H14Cl2N4O5/c1-6(21)23-5-10-9(24-7(2)22)3-11(25-10)20-13-8(4-17-20)12(15)18-14(16)19-13/h4,9-11H,3,5H2,1-2H3/t9-,10+,11+/m0/s1.